The molecule has 0 aliphatic rings. The zero-order valence-electron chi connectivity index (χ0n) is 3.33. The van der Waals surface area contributed by atoms with Crippen LogP contribution in [-0.2, 0) is 10.9 Å². The lowest BCUT2D eigenvalue weighted by Crippen LogP contribution is -1.50. The first kappa shape index (κ1) is 6.74. The molecule has 0 saturated heterocycles. The predicted molar refractivity (Wildman–Crippen MR) is 30.6 cm³/mol. The van der Waals surface area contributed by atoms with Gasteiger partial charge in [0.25, 0.3) is 0 Å². The number of aldehydes is 1. The van der Waals surface area contributed by atoms with E-state index in [4.69, 9.17) is 0 Å². The third-order valence-corrected chi connectivity index (χ3v) is 1.26. The minimum atomic E-state index is -3.24. The van der Waals surface area contributed by atoms with E-state index in [1.807, 2.05) is 0 Å². The van der Waals surface area contributed by atoms with E-state index in [0.29, 0.717) is 6.29 Å². The van der Waals surface area contributed by atoms with Crippen LogP contribution in [0.4, 0.5) is 0 Å². The number of halogens is 1. The van der Waals surface area contributed by atoms with Gasteiger partial charge in [0.2, 0.25) is 0 Å². The van der Waals surface area contributed by atoms with Crippen molar-refractivity contribution in [3.05, 3.63) is 10.2 Å². The van der Waals surface area contributed by atoms with Gasteiger partial charge in [-0.3, -0.25) is 4.79 Å². The Bertz CT molecular complexity index is 136. The Labute approximate surface area is 47.6 Å². The minimum absolute atomic E-state index is 0.431. The van der Waals surface area contributed by atoms with Gasteiger partial charge in [-0.2, -0.15) is 0 Å². The SMILES string of the molecule is O=CC=CI(=O)=O. The minimum Gasteiger partial charge on any atom is -0.299 e. The average molecular weight is 214 g/mol. The van der Waals surface area contributed by atoms with E-state index in [1.165, 1.54) is 0 Å². The molecule has 0 aliphatic carbocycles. The van der Waals surface area contributed by atoms with E-state index < -0.39 is 19.8 Å². The van der Waals surface area contributed by atoms with Gasteiger partial charge in [0.15, 0.2) is 0 Å². The average Bonchev–Trinajstić information content (AvgIpc) is 1.61. The number of carbonyl (C=O) groups excluding carboxylic acids is 1. The van der Waals surface area contributed by atoms with Crippen LogP contribution in [-0.4, -0.2) is 6.29 Å². The van der Waals surface area contributed by atoms with Crippen LogP contribution in [0.3, 0.4) is 0 Å². The first-order valence-corrected chi connectivity index (χ1v) is 4.44. The van der Waals surface area contributed by atoms with Gasteiger partial charge in [0.05, 0.1) is 0 Å². The molecular formula is C3H3IO3. The summed E-state index contributed by atoms with van der Waals surface area (Å²) in [6, 6.07) is 0. The van der Waals surface area contributed by atoms with Gasteiger partial charge in [-0.25, -0.2) is 6.14 Å². The van der Waals surface area contributed by atoms with Crippen LogP contribution in [0.25, 0.3) is 0 Å². The maximum absolute atomic E-state index is 9.64. The molecule has 0 fully saturated rings. The number of rotatable bonds is 2. The van der Waals surface area contributed by atoms with Gasteiger partial charge in [-0.05, 0) is 6.08 Å². The Kier molecular flexibility index (Phi) is 3.77. The van der Waals surface area contributed by atoms with Gasteiger partial charge >= 0.3 is 19.8 Å². The fourth-order valence-electron chi connectivity index (χ4n) is 0.0891. The normalized spacial score (nSPS) is 10.4. The van der Waals surface area contributed by atoms with Crippen molar-refractivity contribution in [2.24, 2.45) is 0 Å². The fourth-order valence-corrected chi connectivity index (χ4v) is 0.598. The molecule has 0 unspecified atom stereocenters. The lowest BCUT2D eigenvalue weighted by molar-refractivity contribution is -0.104. The van der Waals surface area contributed by atoms with Crippen molar-refractivity contribution < 1.29 is 10.9 Å². The summed E-state index contributed by atoms with van der Waals surface area (Å²) >= 11 is -3.24. The standard InChI is InChI=1S/C3H3IO3/c5-3-1-2-4(6)7/h1-3H. The molecule has 0 radical (unpaired) electrons. The second-order valence-corrected chi connectivity index (χ2v) is 2.79. The monoisotopic (exact) mass is 214 g/mol. The van der Waals surface area contributed by atoms with Crippen LogP contribution in [0.1, 0.15) is 0 Å². The number of allylic oxidation sites excluding steroid dienone is 1. The fraction of sp³-hybridized carbons (Fsp3) is 0. The molecular weight excluding hydrogens is 211 g/mol. The largest absolute Gasteiger partial charge is 0.333 e. The van der Waals surface area contributed by atoms with E-state index in [0.717, 1.165) is 10.2 Å². The highest BCUT2D eigenvalue weighted by Crippen LogP contribution is 2.02. The van der Waals surface area contributed by atoms with Crippen LogP contribution < -0.4 is 0 Å². The first-order chi connectivity index (χ1) is 3.27. The Hall–Kier alpha value is -0.260. The summed E-state index contributed by atoms with van der Waals surface area (Å²) in [7, 11) is 0. The predicted octanol–water partition coefficient (Wildman–Crippen LogP) is 0.896. The van der Waals surface area contributed by atoms with E-state index in [2.05, 4.69) is 0 Å². The van der Waals surface area contributed by atoms with Crippen molar-refractivity contribution in [3.63, 3.8) is 0 Å². The summed E-state index contributed by atoms with van der Waals surface area (Å²) in [6.45, 7) is 0. The van der Waals surface area contributed by atoms with Crippen molar-refractivity contribution in [1.82, 2.24) is 0 Å². The van der Waals surface area contributed by atoms with Crippen LogP contribution in [0.2, 0.25) is 0 Å². The van der Waals surface area contributed by atoms with E-state index in [-0.39, 0.29) is 0 Å². The lowest BCUT2D eigenvalue weighted by Gasteiger charge is -1.54. The highest BCUT2D eigenvalue weighted by atomic mass is 127. The number of hydrogen-bond donors (Lipinski definition) is 0. The Morgan fingerprint density at radius 1 is 1.29 bits per heavy atom. The molecule has 7 heavy (non-hydrogen) atoms. The topological polar surface area (TPSA) is 51.2 Å². The highest BCUT2D eigenvalue weighted by molar-refractivity contribution is 14.2. The molecule has 0 N–H and O–H groups in total. The van der Waals surface area contributed by atoms with Crippen molar-refractivity contribution in [2.45, 2.75) is 0 Å². The maximum Gasteiger partial charge on any atom is 0.333 e. The van der Waals surface area contributed by atoms with Crippen LogP contribution in [0.5, 0.6) is 0 Å². The number of hydrogen-bond acceptors (Lipinski definition) is 3. The molecule has 0 atom stereocenters. The second-order valence-electron chi connectivity index (χ2n) is 0.696. The third kappa shape index (κ3) is 5.74. The highest BCUT2D eigenvalue weighted by Gasteiger charge is 1.72. The molecule has 0 aromatic carbocycles. The molecule has 0 spiro atoms. The smallest absolute Gasteiger partial charge is 0.299 e. The summed E-state index contributed by atoms with van der Waals surface area (Å²) in [5.74, 6) is 0. The van der Waals surface area contributed by atoms with Crippen molar-refractivity contribution >= 4 is 26.1 Å². The van der Waals surface area contributed by atoms with Crippen LogP contribution >= 0.6 is 19.8 Å². The molecule has 3 nitrogen and oxygen atoms in total. The molecule has 0 aromatic rings. The molecule has 0 saturated carbocycles. The molecule has 0 rings (SSSR count). The zero-order chi connectivity index (χ0) is 5.70. The maximum atomic E-state index is 9.64. The molecule has 0 amide bonds. The lowest BCUT2D eigenvalue weighted by atomic mass is 10.8. The van der Waals surface area contributed by atoms with Gasteiger partial charge in [0, 0.05) is 4.08 Å². The summed E-state index contributed by atoms with van der Waals surface area (Å²) in [4.78, 5) is 9.37. The quantitative estimate of drug-likeness (QED) is 0.389. The molecule has 0 aromatic heterocycles. The van der Waals surface area contributed by atoms with Gasteiger partial charge in [0.1, 0.15) is 6.29 Å². The van der Waals surface area contributed by atoms with Gasteiger partial charge in [-0.1, -0.05) is 0 Å². The number of carbonyl (C=O) groups is 1. The van der Waals surface area contributed by atoms with E-state index >= 15 is 0 Å². The molecule has 0 heterocycles. The van der Waals surface area contributed by atoms with Gasteiger partial charge < -0.3 is 0 Å². The third-order valence-electron chi connectivity index (χ3n) is 0.254. The Balaban J connectivity index is 3.69. The molecule has 0 aliphatic heterocycles. The van der Waals surface area contributed by atoms with Crippen molar-refractivity contribution in [2.75, 3.05) is 0 Å². The van der Waals surface area contributed by atoms with E-state index in [9.17, 15) is 10.9 Å². The van der Waals surface area contributed by atoms with Crippen LogP contribution in [0.15, 0.2) is 10.2 Å². The molecule has 4 heteroatoms. The second kappa shape index (κ2) is 3.91. The van der Waals surface area contributed by atoms with Crippen molar-refractivity contribution in [1.29, 1.82) is 0 Å². The van der Waals surface area contributed by atoms with Crippen LogP contribution in [0, 0.1) is 0 Å². The van der Waals surface area contributed by atoms with Crippen molar-refractivity contribution in [3.8, 4) is 0 Å². The molecule has 40 valence electrons. The molecule has 0 bridgehead atoms. The summed E-state index contributed by atoms with van der Waals surface area (Å²) in [5, 5.41) is 0. The van der Waals surface area contributed by atoms with E-state index in [1.54, 1.807) is 0 Å². The summed E-state index contributed by atoms with van der Waals surface area (Å²) in [5.41, 5.74) is 0. The van der Waals surface area contributed by atoms with Gasteiger partial charge in [-0.15, -0.1) is 0 Å². The Morgan fingerprint density at radius 2 is 1.86 bits per heavy atom. The summed E-state index contributed by atoms with van der Waals surface area (Å²) in [6.07, 6.45) is 1.39. The zero-order valence-corrected chi connectivity index (χ0v) is 5.49. The summed E-state index contributed by atoms with van der Waals surface area (Å²) < 4.78 is 20.2. The Morgan fingerprint density at radius 3 is 2.00 bits per heavy atom. The first-order valence-electron chi connectivity index (χ1n) is 1.43.